The molecule has 164 valence electrons. The van der Waals surface area contributed by atoms with Crippen molar-refractivity contribution in [2.45, 2.75) is 12.8 Å². The monoisotopic (exact) mass is 499 g/mol. The summed E-state index contributed by atoms with van der Waals surface area (Å²) in [4.78, 5) is 22.8. The Balaban J connectivity index is 1.51. The highest BCUT2D eigenvalue weighted by Gasteiger charge is 2.24. The number of hydrogen-bond donors (Lipinski definition) is 2. The normalized spacial score (nSPS) is 11.2. The minimum Gasteiger partial charge on any atom is -0.384 e. The number of amides is 1. The Morgan fingerprint density at radius 2 is 1.58 bits per heavy atom. The smallest absolute Gasteiger partial charge is 0.257 e. The maximum absolute atomic E-state index is 13.2. The van der Waals surface area contributed by atoms with E-state index in [1.165, 1.54) is 5.56 Å². The molecule has 0 aliphatic heterocycles. The van der Waals surface area contributed by atoms with Gasteiger partial charge in [-0.25, -0.2) is 9.97 Å². The molecule has 0 radical (unpaired) electrons. The number of nitrogens with two attached hydrogens (primary N) is 1. The Morgan fingerprint density at radius 1 is 0.909 bits per heavy atom. The number of anilines is 1. The van der Waals surface area contributed by atoms with Crippen LogP contribution in [0, 0.1) is 0 Å². The number of hydrogen-bond acceptors (Lipinski definition) is 4. The lowest BCUT2D eigenvalue weighted by atomic mass is 10.1. The molecule has 5 aromatic rings. The zero-order chi connectivity index (χ0) is 22.8. The summed E-state index contributed by atoms with van der Waals surface area (Å²) in [5.74, 6) is 0.0780. The van der Waals surface area contributed by atoms with Crippen LogP contribution >= 0.6 is 15.9 Å². The first kappa shape index (κ1) is 21.2. The minimum absolute atomic E-state index is 0.244. The Bertz CT molecular complexity index is 1450. The molecule has 0 aliphatic carbocycles. The van der Waals surface area contributed by atoms with Crippen molar-refractivity contribution in [3.8, 4) is 5.69 Å². The number of halogens is 1. The van der Waals surface area contributed by atoms with Gasteiger partial charge in [0.15, 0.2) is 5.65 Å². The molecule has 0 spiro atoms. The molecule has 1 amide bonds. The summed E-state index contributed by atoms with van der Waals surface area (Å²) in [6.45, 7) is 0.541. The second-order valence-corrected chi connectivity index (χ2v) is 8.72. The summed E-state index contributed by atoms with van der Waals surface area (Å²) in [7, 11) is 0. The Labute approximate surface area is 199 Å². The lowest BCUT2D eigenvalue weighted by Gasteiger charge is -2.08. The van der Waals surface area contributed by atoms with Crippen LogP contribution in [-0.2, 0) is 6.42 Å². The average Bonchev–Trinajstić information content (AvgIpc) is 3.12. The highest BCUT2D eigenvalue weighted by Crippen LogP contribution is 2.31. The van der Waals surface area contributed by atoms with E-state index >= 15 is 0 Å². The fraction of sp³-hybridized carbons (Fsp3) is 0.115. The van der Waals surface area contributed by atoms with E-state index in [0.29, 0.717) is 29.1 Å². The number of nitrogens with one attached hydrogen (secondary N) is 1. The van der Waals surface area contributed by atoms with E-state index in [4.69, 9.17) is 15.7 Å². The number of carbonyl (C=O) groups is 1. The summed E-state index contributed by atoms with van der Waals surface area (Å²) < 4.78 is 2.74. The SMILES string of the molecule is Nc1c(C(=O)NCCCc2ccccc2)c2nc3ccccc3nc2n1-c1ccc(Br)cc1. The van der Waals surface area contributed by atoms with Crippen LogP contribution in [0.5, 0.6) is 0 Å². The van der Waals surface area contributed by atoms with E-state index < -0.39 is 0 Å². The van der Waals surface area contributed by atoms with Crippen LogP contribution in [0.1, 0.15) is 22.3 Å². The Kier molecular flexibility index (Phi) is 5.79. The van der Waals surface area contributed by atoms with E-state index in [1.54, 1.807) is 4.57 Å². The van der Waals surface area contributed by atoms with Crippen LogP contribution in [0.4, 0.5) is 5.82 Å². The summed E-state index contributed by atoms with van der Waals surface area (Å²) in [6.07, 6.45) is 1.72. The van der Waals surface area contributed by atoms with E-state index in [1.807, 2.05) is 66.7 Å². The first-order valence-corrected chi connectivity index (χ1v) is 11.6. The van der Waals surface area contributed by atoms with Gasteiger partial charge in [0.05, 0.1) is 11.0 Å². The predicted molar refractivity (Wildman–Crippen MR) is 136 cm³/mol. The highest BCUT2D eigenvalue weighted by molar-refractivity contribution is 9.10. The number of aryl methyl sites for hydroxylation is 1. The van der Waals surface area contributed by atoms with Crippen molar-refractivity contribution in [3.05, 3.63) is 94.5 Å². The molecule has 7 heteroatoms. The first-order valence-electron chi connectivity index (χ1n) is 10.8. The molecule has 5 rings (SSSR count). The Morgan fingerprint density at radius 3 is 2.30 bits per heavy atom. The molecule has 33 heavy (non-hydrogen) atoms. The average molecular weight is 500 g/mol. The molecule has 6 nitrogen and oxygen atoms in total. The largest absolute Gasteiger partial charge is 0.384 e. The number of aromatic nitrogens is 3. The van der Waals surface area contributed by atoms with Gasteiger partial charge in [-0.3, -0.25) is 9.36 Å². The standard InChI is InChI=1S/C26H22BrN5O/c27-18-12-14-19(15-13-18)32-24(28)22(23-25(32)31-21-11-5-4-10-20(21)30-23)26(33)29-16-6-9-17-7-2-1-3-8-17/h1-5,7-8,10-15H,6,9,16,28H2,(H,29,33). The van der Waals surface area contributed by atoms with Crippen molar-refractivity contribution in [1.82, 2.24) is 19.9 Å². The van der Waals surface area contributed by atoms with Crippen LogP contribution in [0.2, 0.25) is 0 Å². The zero-order valence-corrected chi connectivity index (χ0v) is 19.4. The van der Waals surface area contributed by atoms with E-state index in [0.717, 1.165) is 34.0 Å². The molecule has 0 unspecified atom stereocenters. The molecular formula is C26H22BrN5O. The predicted octanol–water partition coefficient (Wildman–Crippen LogP) is 5.28. The van der Waals surface area contributed by atoms with E-state index in [9.17, 15) is 4.79 Å². The molecule has 0 saturated carbocycles. The number of carbonyl (C=O) groups excluding carboxylic acids is 1. The summed E-state index contributed by atoms with van der Waals surface area (Å²) in [6, 6.07) is 25.5. The molecule has 0 aliphatic rings. The van der Waals surface area contributed by atoms with Gasteiger partial charge in [-0.15, -0.1) is 0 Å². The van der Waals surface area contributed by atoms with Crippen LogP contribution < -0.4 is 11.1 Å². The topological polar surface area (TPSA) is 85.8 Å². The molecular weight excluding hydrogens is 478 g/mol. The summed E-state index contributed by atoms with van der Waals surface area (Å²) >= 11 is 3.47. The summed E-state index contributed by atoms with van der Waals surface area (Å²) in [5.41, 5.74) is 11.5. The lowest BCUT2D eigenvalue weighted by Crippen LogP contribution is -2.25. The number of fused-ring (bicyclic) bond motifs is 2. The van der Waals surface area contributed by atoms with Crippen LogP contribution in [0.3, 0.4) is 0 Å². The quantitative estimate of drug-likeness (QED) is 0.311. The summed E-state index contributed by atoms with van der Waals surface area (Å²) in [5, 5.41) is 3.02. The third-order valence-corrected chi connectivity index (χ3v) is 6.11. The molecule has 2 aromatic heterocycles. The Hall–Kier alpha value is -3.71. The van der Waals surface area contributed by atoms with Crippen molar-refractivity contribution in [3.63, 3.8) is 0 Å². The van der Waals surface area contributed by atoms with Crippen molar-refractivity contribution in [2.24, 2.45) is 0 Å². The van der Waals surface area contributed by atoms with Crippen molar-refractivity contribution in [2.75, 3.05) is 12.3 Å². The molecule has 0 fully saturated rings. The van der Waals surface area contributed by atoms with Crippen molar-refractivity contribution >= 4 is 49.9 Å². The number of para-hydroxylation sites is 2. The van der Waals surface area contributed by atoms with Gasteiger partial charge in [-0.1, -0.05) is 58.4 Å². The number of nitrogens with zero attached hydrogens (tertiary/aromatic N) is 3. The van der Waals surface area contributed by atoms with Crippen LogP contribution in [0.25, 0.3) is 27.9 Å². The van der Waals surface area contributed by atoms with Gasteiger partial charge in [0.1, 0.15) is 16.9 Å². The molecule has 0 saturated heterocycles. The molecule has 2 heterocycles. The maximum atomic E-state index is 13.2. The van der Waals surface area contributed by atoms with E-state index in [2.05, 4.69) is 33.4 Å². The number of nitrogen functional groups attached to an aromatic ring is 1. The van der Waals surface area contributed by atoms with Crippen molar-refractivity contribution < 1.29 is 4.79 Å². The van der Waals surface area contributed by atoms with Gasteiger partial charge in [-0.2, -0.15) is 0 Å². The maximum Gasteiger partial charge on any atom is 0.257 e. The van der Waals surface area contributed by atoms with Gasteiger partial charge in [-0.05, 0) is 54.8 Å². The zero-order valence-electron chi connectivity index (χ0n) is 17.8. The fourth-order valence-electron chi connectivity index (χ4n) is 3.96. The molecule has 3 aromatic carbocycles. The minimum atomic E-state index is -0.244. The van der Waals surface area contributed by atoms with Gasteiger partial charge < -0.3 is 11.1 Å². The van der Waals surface area contributed by atoms with Crippen molar-refractivity contribution in [1.29, 1.82) is 0 Å². The number of benzene rings is 3. The molecule has 3 N–H and O–H groups in total. The third-order valence-electron chi connectivity index (χ3n) is 5.58. The third kappa shape index (κ3) is 4.19. The second-order valence-electron chi connectivity index (χ2n) is 7.80. The van der Waals surface area contributed by atoms with Crippen LogP contribution in [-0.4, -0.2) is 27.0 Å². The number of rotatable bonds is 6. The molecule has 0 bridgehead atoms. The van der Waals surface area contributed by atoms with E-state index in [-0.39, 0.29) is 5.91 Å². The van der Waals surface area contributed by atoms with Gasteiger partial charge in [0.25, 0.3) is 5.91 Å². The van der Waals surface area contributed by atoms with Crippen LogP contribution in [0.15, 0.2) is 83.3 Å². The van der Waals surface area contributed by atoms with Gasteiger partial charge >= 0.3 is 0 Å². The fourth-order valence-corrected chi connectivity index (χ4v) is 4.23. The first-order chi connectivity index (χ1) is 16.1. The van der Waals surface area contributed by atoms with Gasteiger partial charge in [0, 0.05) is 16.7 Å². The van der Waals surface area contributed by atoms with Gasteiger partial charge in [0.2, 0.25) is 0 Å². The lowest BCUT2D eigenvalue weighted by molar-refractivity contribution is 0.0955. The molecule has 0 atom stereocenters. The second kappa shape index (κ2) is 9.03. The highest BCUT2D eigenvalue weighted by atomic mass is 79.9.